The molecular weight excluding hydrogens is 190 g/mol. The van der Waals surface area contributed by atoms with E-state index in [-0.39, 0.29) is 4.75 Å². The molecule has 0 aliphatic heterocycles. The Kier molecular flexibility index (Phi) is 5.70. The minimum absolute atomic E-state index is 0.274. The molecule has 0 amide bonds. The van der Waals surface area contributed by atoms with Gasteiger partial charge in [-0.15, -0.1) is 11.8 Å². The summed E-state index contributed by atoms with van der Waals surface area (Å²) in [6.07, 6.45) is 0. The van der Waals surface area contributed by atoms with E-state index in [9.17, 15) is 0 Å². The molecule has 0 saturated heterocycles. The Balaban J connectivity index is 0.000000791. The zero-order valence-corrected chi connectivity index (χ0v) is 10.6. The van der Waals surface area contributed by atoms with Crippen LogP contribution >= 0.6 is 11.8 Å². The van der Waals surface area contributed by atoms with E-state index in [2.05, 4.69) is 32.9 Å². The number of hydrogen-bond donors (Lipinski definition) is 1. The minimum atomic E-state index is 0.274. The lowest BCUT2D eigenvalue weighted by atomic mass is 10.3. The summed E-state index contributed by atoms with van der Waals surface area (Å²) < 4.78 is 0.274. The summed E-state index contributed by atoms with van der Waals surface area (Å²) in [5.41, 5.74) is 6.41. The van der Waals surface area contributed by atoms with Crippen molar-refractivity contribution in [3.8, 4) is 0 Å². The predicted octanol–water partition coefficient (Wildman–Crippen LogP) is 4.19. The first kappa shape index (κ1) is 13.4. The van der Waals surface area contributed by atoms with Crippen molar-refractivity contribution >= 4 is 17.4 Å². The van der Waals surface area contributed by atoms with Crippen LogP contribution in [0.15, 0.2) is 29.2 Å². The molecular formula is C12H21NS. The van der Waals surface area contributed by atoms with E-state index in [0.29, 0.717) is 0 Å². The Morgan fingerprint density at radius 1 is 1.00 bits per heavy atom. The quantitative estimate of drug-likeness (QED) is 0.557. The van der Waals surface area contributed by atoms with Gasteiger partial charge in [0, 0.05) is 15.3 Å². The fourth-order valence-electron chi connectivity index (χ4n) is 0.889. The Morgan fingerprint density at radius 2 is 1.43 bits per heavy atom. The lowest BCUT2D eigenvalue weighted by Crippen LogP contribution is -2.06. The van der Waals surface area contributed by atoms with E-state index >= 15 is 0 Å². The van der Waals surface area contributed by atoms with Crippen LogP contribution in [-0.2, 0) is 0 Å². The summed E-state index contributed by atoms with van der Waals surface area (Å²) in [5, 5.41) is 0. The zero-order valence-electron chi connectivity index (χ0n) is 9.79. The van der Waals surface area contributed by atoms with E-state index in [1.807, 2.05) is 37.7 Å². The van der Waals surface area contributed by atoms with E-state index < -0.39 is 0 Å². The van der Waals surface area contributed by atoms with Crippen LogP contribution < -0.4 is 5.73 Å². The average Bonchev–Trinajstić information content (AvgIpc) is 2.10. The van der Waals surface area contributed by atoms with Gasteiger partial charge in [-0.25, -0.2) is 0 Å². The Labute approximate surface area is 92.1 Å². The van der Waals surface area contributed by atoms with Crippen molar-refractivity contribution in [3.05, 3.63) is 24.3 Å². The van der Waals surface area contributed by atoms with Gasteiger partial charge in [-0.1, -0.05) is 34.6 Å². The molecule has 0 saturated carbocycles. The second-order valence-electron chi connectivity index (χ2n) is 3.78. The largest absolute Gasteiger partial charge is 0.399 e. The van der Waals surface area contributed by atoms with Crippen LogP contribution in [0, 0.1) is 0 Å². The van der Waals surface area contributed by atoms with E-state index in [1.165, 1.54) is 4.90 Å². The zero-order chi connectivity index (χ0) is 11.2. The molecule has 0 atom stereocenters. The van der Waals surface area contributed by atoms with Gasteiger partial charge in [0.1, 0.15) is 0 Å². The van der Waals surface area contributed by atoms with Crippen molar-refractivity contribution < 1.29 is 0 Å². The van der Waals surface area contributed by atoms with Gasteiger partial charge in [-0.2, -0.15) is 0 Å². The number of nitrogen functional groups attached to an aromatic ring is 1. The smallest absolute Gasteiger partial charge is 0.0314 e. The first-order chi connectivity index (χ1) is 6.47. The predicted molar refractivity (Wildman–Crippen MR) is 67.8 cm³/mol. The molecule has 0 unspecified atom stereocenters. The van der Waals surface area contributed by atoms with Crippen LogP contribution in [0.2, 0.25) is 0 Å². The molecule has 2 N–H and O–H groups in total. The van der Waals surface area contributed by atoms with Gasteiger partial charge in [0.25, 0.3) is 0 Å². The summed E-state index contributed by atoms with van der Waals surface area (Å²) in [5.74, 6) is 0. The van der Waals surface area contributed by atoms with Gasteiger partial charge in [-0.05, 0) is 24.3 Å². The van der Waals surface area contributed by atoms with Crippen LogP contribution in [0.3, 0.4) is 0 Å². The Morgan fingerprint density at radius 3 is 1.79 bits per heavy atom. The third-order valence-electron chi connectivity index (χ3n) is 1.30. The highest BCUT2D eigenvalue weighted by molar-refractivity contribution is 8.00. The third-order valence-corrected chi connectivity index (χ3v) is 2.42. The summed E-state index contributed by atoms with van der Waals surface area (Å²) >= 11 is 1.85. The van der Waals surface area contributed by atoms with Crippen molar-refractivity contribution in [2.75, 3.05) is 5.73 Å². The van der Waals surface area contributed by atoms with Gasteiger partial charge >= 0.3 is 0 Å². The molecule has 1 nitrogen and oxygen atoms in total. The molecule has 0 aliphatic carbocycles. The number of rotatable bonds is 1. The number of thioether (sulfide) groups is 1. The molecule has 2 heteroatoms. The van der Waals surface area contributed by atoms with Crippen molar-refractivity contribution in [3.63, 3.8) is 0 Å². The van der Waals surface area contributed by atoms with E-state index in [1.54, 1.807) is 0 Å². The molecule has 0 heterocycles. The van der Waals surface area contributed by atoms with Crippen LogP contribution in [0.25, 0.3) is 0 Å². The molecule has 0 bridgehead atoms. The SMILES string of the molecule is CC.CC(C)(C)Sc1ccc(N)cc1. The highest BCUT2D eigenvalue weighted by Gasteiger charge is 2.11. The maximum Gasteiger partial charge on any atom is 0.0314 e. The Bertz CT molecular complexity index is 246. The van der Waals surface area contributed by atoms with E-state index in [4.69, 9.17) is 5.73 Å². The molecule has 0 radical (unpaired) electrons. The van der Waals surface area contributed by atoms with Gasteiger partial charge in [-0.3, -0.25) is 0 Å². The molecule has 1 aromatic rings. The topological polar surface area (TPSA) is 26.0 Å². The van der Waals surface area contributed by atoms with Crippen molar-refractivity contribution in [1.29, 1.82) is 0 Å². The molecule has 14 heavy (non-hydrogen) atoms. The monoisotopic (exact) mass is 211 g/mol. The normalized spacial score (nSPS) is 10.4. The van der Waals surface area contributed by atoms with Gasteiger partial charge in [0.15, 0.2) is 0 Å². The summed E-state index contributed by atoms with van der Waals surface area (Å²) in [4.78, 5) is 1.27. The lowest BCUT2D eigenvalue weighted by molar-refractivity contribution is 0.803. The fraction of sp³-hybridized carbons (Fsp3) is 0.500. The van der Waals surface area contributed by atoms with E-state index in [0.717, 1.165) is 5.69 Å². The maximum atomic E-state index is 5.58. The first-order valence-electron chi connectivity index (χ1n) is 5.02. The second kappa shape index (κ2) is 5.97. The third kappa shape index (κ3) is 5.92. The second-order valence-corrected chi connectivity index (χ2v) is 5.68. The number of anilines is 1. The maximum absolute atomic E-state index is 5.58. The van der Waals surface area contributed by atoms with Crippen LogP contribution in [0.1, 0.15) is 34.6 Å². The molecule has 0 spiro atoms. The number of hydrogen-bond acceptors (Lipinski definition) is 2. The van der Waals surface area contributed by atoms with Crippen LogP contribution in [-0.4, -0.2) is 4.75 Å². The lowest BCUT2D eigenvalue weighted by Gasteiger charge is -2.17. The van der Waals surface area contributed by atoms with Gasteiger partial charge in [0.2, 0.25) is 0 Å². The van der Waals surface area contributed by atoms with Crippen LogP contribution in [0.4, 0.5) is 5.69 Å². The molecule has 1 rings (SSSR count). The Hall–Kier alpha value is -0.630. The van der Waals surface area contributed by atoms with Crippen molar-refractivity contribution in [2.45, 2.75) is 44.3 Å². The molecule has 1 aromatic carbocycles. The summed E-state index contributed by atoms with van der Waals surface area (Å²) in [6.45, 7) is 10.6. The number of benzene rings is 1. The van der Waals surface area contributed by atoms with Crippen molar-refractivity contribution in [2.24, 2.45) is 0 Å². The van der Waals surface area contributed by atoms with Crippen molar-refractivity contribution in [1.82, 2.24) is 0 Å². The molecule has 0 aromatic heterocycles. The minimum Gasteiger partial charge on any atom is -0.399 e. The van der Waals surface area contributed by atoms with Crippen LogP contribution in [0.5, 0.6) is 0 Å². The standard InChI is InChI=1S/C10H15NS.C2H6/c1-10(2,3)12-9-6-4-8(11)5-7-9;1-2/h4-7H,11H2,1-3H3;1-2H3. The highest BCUT2D eigenvalue weighted by Crippen LogP contribution is 2.31. The molecule has 0 aliphatic rings. The van der Waals surface area contributed by atoms with Gasteiger partial charge in [0.05, 0.1) is 0 Å². The highest BCUT2D eigenvalue weighted by atomic mass is 32.2. The fourth-order valence-corrected chi connectivity index (χ4v) is 1.87. The van der Waals surface area contributed by atoms with Gasteiger partial charge < -0.3 is 5.73 Å². The summed E-state index contributed by atoms with van der Waals surface area (Å²) in [6, 6.07) is 8.00. The average molecular weight is 211 g/mol. The first-order valence-corrected chi connectivity index (χ1v) is 5.83. The molecule has 80 valence electrons. The molecule has 0 fully saturated rings. The summed E-state index contributed by atoms with van der Waals surface area (Å²) in [7, 11) is 0. The number of nitrogens with two attached hydrogens (primary N) is 1.